The van der Waals surface area contributed by atoms with Crippen molar-refractivity contribution in [3.05, 3.63) is 33.8 Å². The van der Waals surface area contributed by atoms with Crippen LogP contribution in [0, 0.1) is 5.92 Å². The molecular weight excluding hydrogens is 280 g/mol. The zero-order valence-corrected chi connectivity index (χ0v) is 12.5. The second-order valence-corrected chi connectivity index (χ2v) is 6.87. The van der Waals surface area contributed by atoms with Crippen LogP contribution in [0.25, 0.3) is 0 Å². The third-order valence-electron chi connectivity index (χ3n) is 3.55. The fraction of sp³-hybridized carbons (Fsp3) is 0.538. The van der Waals surface area contributed by atoms with Gasteiger partial charge in [-0.1, -0.05) is 11.6 Å². The number of aromatic nitrogens is 3. The van der Waals surface area contributed by atoms with E-state index in [1.807, 2.05) is 12.4 Å². The van der Waals surface area contributed by atoms with E-state index in [-0.39, 0.29) is 0 Å². The average Bonchev–Trinajstić information content (AvgIpc) is 2.97. The molecule has 0 bridgehead atoms. The van der Waals surface area contributed by atoms with Gasteiger partial charge in [0.05, 0.1) is 0 Å². The van der Waals surface area contributed by atoms with Crippen LogP contribution < -0.4 is 0 Å². The summed E-state index contributed by atoms with van der Waals surface area (Å²) in [5.74, 6) is 1.93. The predicted molar refractivity (Wildman–Crippen MR) is 77.5 cm³/mol. The standard InChI is InChI=1S/C13H17ClN4S/c1-17(9-11-6-16-13(14)19-11)7-10-2-3-12-15-4-5-18(12)8-10/h4-6,10H,2-3,7-9H2,1H3. The summed E-state index contributed by atoms with van der Waals surface area (Å²) < 4.78 is 2.91. The molecule has 0 saturated heterocycles. The Hall–Kier alpha value is -0.910. The van der Waals surface area contributed by atoms with Crippen LogP contribution in [0.1, 0.15) is 17.1 Å². The molecule has 0 aromatic carbocycles. The SMILES string of the molecule is CN(Cc1cnc(Cl)s1)CC1CCc2nccn2C1. The van der Waals surface area contributed by atoms with Gasteiger partial charge in [-0.15, -0.1) is 11.3 Å². The summed E-state index contributed by atoms with van der Waals surface area (Å²) in [7, 11) is 2.16. The van der Waals surface area contributed by atoms with E-state index in [0.29, 0.717) is 10.4 Å². The third-order valence-corrected chi connectivity index (χ3v) is 4.65. The predicted octanol–water partition coefficient (Wildman–Crippen LogP) is 2.69. The van der Waals surface area contributed by atoms with Crippen molar-refractivity contribution in [2.75, 3.05) is 13.6 Å². The highest BCUT2D eigenvalue weighted by Gasteiger charge is 2.20. The van der Waals surface area contributed by atoms with Gasteiger partial charge in [0.2, 0.25) is 0 Å². The summed E-state index contributed by atoms with van der Waals surface area (Å²) in [5.41, 5.74) is 0. The van der Waals surface area contributed by atoms with E-state index in [1.165, 1.54) is 17.1 Å². The number of thiazole rings is 1. The maximum atomic E-state index is 5.86. The largest absolute Gasteiger partial charge is 0.335 e. The van der Waals surface area contributed by atoms with Crippen molar-refractivity contribution in [1.82, 2.24) is 19.4 Å². The lowest BCUT2D eigenvalue weighted by Gasteiger charge is -2.27. The average molecular weight is 297 g/mol. The van der Waals surface area contributed by atoms with Crippen LogP contribution in [0.5, 0.6) is 0 Å². The van der Waals surface area contributed by atoms with Gasteiger partial charge in [0.25, 0.3) is 0 Å². The van der Waals surface area contributed by atoms with E-state index < -0.39 is 0 Å². The van der Waals surface area contributed by atoms with E-state index in [2.05, 4.69) is 32.7 Å². The molecule has 0 radical (unpaired) electrons. The Morgan fingerprint density at radius 2 is 2.42 bits per heavy atom. The molecule has 2 aromatic heterocycles. The molecule has 1 unspecified atom stereocenters. The van der Waals surface area contributed by atoms with Gasteiger partial charge in [-0.25, -0.2) is 9.97 Å². The highest BCUT2D eigenvalue weighted by Crippen LogP contribution is 2.22. The first-order valence-corrected chi connectivity index (χ1v) is 7.69. The minimum atomic E-state index is 0.629. The van der Waals surface area contributed by atoms with Crippen LogP contribution in [0.2, 0.25) is 4.47 Å². The van der Waals surface area contributed by atoms with E-state index in [4.69, 9.17) is 11.6 Å². The first kappa shape index (κ1) is 13.1. The van der Waals surface area contributed by atoms with Crippen LogP contribution in [0.15, 0.2) is 18.6 Å². The lowest BCUT2D eigenvalue weighted by atomic mass is 9.99. The van der Waals surface area contributed by atoms with E-state index in [9.17, 15) is 0 Å². The number of halogens is 1. The zero-order chi connectivity index (χ0) is 13.2. The first-order valence-electron chi connectivity index (χ1n) is 6.49. The van der Waals surface area contributed by atoms with Gasteiger partial charge in [0.15, 0.2) is 4.47 Å². The van der Waals surface area contributed by atoms with Gasteiger partial charge in [-0.05, 0) is 19.4 Å². The molecule has 1 aliphatic rings. The fourth-order valence-corrected chi connectivity index (χ4v) is 3.77. The minimum Gasteiger partial charge on any atom is -0.335 e. The van der Waals surface area contributed by atoms with Gasteiger partial charge < -0.3 is 9.47 Å². The Balaban J connectivity index is 1.54. The molecule has 0 N–H and O–H groups in total. The maximum absolute atomic E-state index is 5.86. The highest BCUT2D eigenvalue weighted by atomic mass is 35.5. The molecule has 0 fully saturated rings. The van der Waals surface area contributed by atoms with Crippen molar-refractivity contribution in [2.24, 2.45) is 5.92 Å². The summed E-state index contributed by atoms with van der Waals surface area (Å²) in [5, 5.41) is 0. The van der Waals surface area contributed by atoms with Crippen molar-refractivity contribution >= 4 is 22.9 Å². The van der Waals surface area contributed by atoms with Crippen LogP contribution in [0.4, 0.5) is 0 Å². The molecule has 19 heavy (non-hydrogen) atoms. The molecule has 3 rings (SSSR count). The molecular formula is C13H17ClN4S. The smallest absolute Gasteiger partial charge is 0.183 e. The topological polar surface area (TPSA) is 34.0 Å². The molecule has 3 heterocycles. The molecule has 2 aromatic rings. The van der Waals surface area contributed by atoms with Crippen molar-refractivity contribution < 1.29 is 0 Å². The molecule has 0 aliphatic carbocycles. The summed E-state index contributed by atoms with van der Waals surface area (Å²) >= 11 is 7.42. The van der Waals surface area contributed by atoms with Crippen LogP contribution in [-0.4, -0.2) is 33.0 Å². The number of hydrogen-bond donors (Lipinski definition) is 0. The van der Waals surface area contributed by atoms with Gasteiger partial charge in [-0.3, -0.25) is 0 Å². The monoisotopic (exact) mass is 296 g/mol. The van der Waals surface area contributed by atoms with E-state index in [0.717, 1.165) is 26.1 Å². The maximum Gasteiger partial charge on any atom is 0.183 e. The molecule has 4 nitrogen and oxygen atoms in total. The fourth-order valence-electron chi connectivity index (χ4n) is 2.71. The van der Waals surface area contributed by atoms with Gasteiger partial charge in [-0.2, -0.15) is 0 Å². The molecule has 0 saturated carbocycles. The number of imidazole rings is 1. The first-order chi connectivity index (χ1) is 9.20. The van der Waals surface area contributed by atoms with E-state index in [1.54, 1.807) is 11.3 Å². The van der Waals surface area contributed by atoms with Crippen molar-refractivity contribution in [2.45, 2.75) is 25.9 Å². The molecule has 6 heteroatoms. The number of fused-ring (bicyclic) bond motifs is 1. The lowest BCUT2D eigenvalue weighted by Crippen LogP contribution is -2.31. The number of rotatable bonds is 4. The Morgan fingerprint density at radius 1 is 1.53 bits per heavy atom. The summed E-state index contributed by atoms with van der Waals surface area (Å²) in [4.78, 5) is 12.0. The molecule has 102 valence electrons. The molecule has 1 aliphatic heterocycles. The zero-order valence-electron chi connectivity index (χ0n) is 10.9. The Bertz CT molecular complexity index is 550. The third kappa shape index (κ3) is 3.16. The Labute approximate surface area is 122 Å². The van der Waals surface area contributed by atoms with Gasteiger partial charge in [0, 0.05) is 49.5 Å². The van der Waals surface area contributed by atoms with Crippen molar-refractivity contribution in [1.29, 1.82) is 0 Å². The number of aryl methyl sites for hydroxylation is 1. The van der Waals surface area contributed by atoms with Gasteiger partial charge >= 0.3 is 0 Å². The minimum absolute atomic E-state index is 0.629. The second-order valence-electron chi connectivity index (χ2n) is 5.18. The van der Waals surface area contributed by atoms with Crippen molar-refractivity contribution in [3.63, 3.8) is 0 Å². The van der Waals surface area contributed by atoms with Crippen LogP contribution in [0.3, 0.4) is 0 Å². The number of hydrogen-bond acceptors (Lipinski definition) is 4. The second kappa shape index (κ2) is 5.61. The van der Waals surface area contributed by atoms with Crippen molar-refractivity contribution in [3.8, 4) is 0 Å². The van der Waals surface area contributed by atoms with E-state index >= 15 is 0 Å². The molecule has 0 amide bonds. The molecule has 0 spiro atoms. The van der Waals surface area contributed by atoms with Crippen LogP contribution >= 0.6 is 22.9 Å². The summed E-state index contributed by atoms with van der Waals surface area (Å²) in [6, 6.07) is 0. The normalized spacial score (nSPS) is 18.8. The quantitative estimate of drug-likeness (QED) is 0.870. The summed E-state index contributed by atoms with van der Waals surface area (Å²) in [6.45, 7) is 3.12. The lowest BCUT2D eigenvalue weighted by molar-refractivity contribution is 0.230. The van der Waals surface area contributed by atoms with Gasteiger partial charge in [0.1, 0.15) is 5.82 Å². The van der Waals surface area contributed by atoms with Crippen LogP contribution in [-0.2, 0) is 19.5 Å². The Morgan fingerprint density at radius 3 is 3.21 bits per heavy atom. The highest BCUT2D eigenvalue weighted by molar-refractivity contribution is 7.15. The summed E-state index contributed by atoms with van der Waals surface area (Å²) in [6.07, 6.45) is 8.19. The Kier molecular flexibility index (Phi) is 3.86. The molecule has 1 atom stereocenters. The number of nitrogens with zero attached hydrogens (tertiary/aromatic N) is 4.